The number of hydrogen-bond donors (Lipinski definition) is 2. The second-order valence-corrected chi connectivity index (χ2v) is 6.30. The molecular weight excluding hydrogens is 275 g/mol. The molecule has 1 aromatic carbocycles. The molecule has 0 atom stereocenters. The number of benzene rings is 1. The highest BCUT2D eigenvalue weighted by Gasteiger charge is 2.20. The third-order valence-electron chi connectivity index (χ3n) is 2.92. The minimum Gasteiger partial charge on any atom is -0.345 e. The average molecular weight is 292 g/mol. The summed E-state index contributed by atoms with van der Waals surface area (Å²) in [4.78, 5) is 13.6. The van der Waals surface area contributed by atoms with Gasteiger partial charge < -0.3 is 11.1 Å². The topological polar surface area (TPSA) is 55.1 Å². The fourth-order valence-electron chi connectivity index (χ4n) is 1.65. The van der Waals surface area contributed by atoms with Crippen molar-refractivity contribution in [3.8, 4) is 10.4 Å². The average Bonchev–Trinajstić information content (AvgIpc) is 2.89. The fourth-order valence-corrected chi connectivity index (χ4v) is 2.56. The standard InChI is InChI=1S/C15H17FN2OS/c1-15(2,9-17)18-14(19)13-8-7-12(20-13)10-3-5-11(16)6-4-10/h3-8H,9,17H2,1-2H3,(H,18,19). The van der Waals surface area contributed by atoms with Gasteiger partial charge >= 0.3 is 0 Å². The monoisotopic (exact) mass is 292 g/mol. The van der Waals surface area contributed by atoms with E-state index in [1.807, 2.05) is 19.9 Å². The molecule has 0 unspecified atom stereocenters. The van der Waals surface area contributed by atoms with Crippen molar-refractivity contribution >= 4 is 17.2 Å². The second kappa shape index (κ2) is 5.73. The Morgan fingerprint density at radius 3 is 2.50 bits per heavy atom. The van der Waals surface area contributed by atoms with Crippen LogP contribution < -0.4 is 11.1 Å². The quantitative estimate of drug-likeness (QED) is 0.910. The lowest BCUT2D eigenvalue weighted by Crippen LogP contribution is -2.48. The first kappa shape index (κ1) is 14.7. The molecule has 2 aromatic rings. The van der Waals surface area contributed by atoms with Crippen molar-refractivity contribution in [2.24, 2.45) is 5.73 Å². The first-order chi connectivity index (χ1) is 9.41. The van der Waals surface area contributed by atoms with Crippen LogP contribution in [0.15, 0.2) is 36.4 Å². The minimum atomic E-state index is -0.433. The van der Waals surface area contributed by atoms with E-state index < -0.39 is 5.54 Å². The molecule has 1 amide bonds. The highest BCUT2D eigenvalue weighted by molar-refractivity contribution is 7.17. The van der Waals surface area contributed by atoms with Crippen molar-refractivity contribution in [2.45, 2.75) is 19.4 Å². The van der Waals surface area contributed by atoms with E-state index in [0.29, 0.717) is 11.4 Å². The van der Waals surface area contributed by atoms with Crippen LogP contribution in [-0.4, -0.2) is 18.0 Å². The first-order valence-corrected chi connectivity index (χ1v) is 7.11. The molecule has 0 saturated heterocycles. The fraction of sp³-hybridized carbons (Fsp3) is 0.267. The lowest BCUT2D eigenvalue weighted by Gasteiger charge is -2.23. The number of nitrogens with two attached hydrogens (primary N) is 1. The molecule has 0 fully saturated rings. The van der Waals surface area contributed by atoms with Gasteiger partial charge in [0.1, 0.15) is 5.82 Å². The van der Waals surface area contributed by atoms with Crippen LogP contribution in [0.1, 0.15) is 23.5 Å². The zero-order valence-electron chi connectivity index (χ0n) is 11.4. The second-order valence-electron chi connectivity index (χ2n) is 5.21. The van der Waals surface area contributed by atoms with Crippen LogP contribution >= 0.6 is 11.3 Å². The lowest BCUT2D eigenvalue weighted by atomic mass is 10.1. The van der Waals surface area contributed by atoms with E-state index in [0.717, 1.165) is 10.4 Å². The molecule has 0 aliphatic rings. The van der Waals surface area contributed by atoms with Crippen molar-refractivity contribution in [3.63, 3.8) is 0 Å². The Hall–Kier alpha value is -1.72. The minimum absolute atomic E-state index is 0.140. The molecule has 3 nitrogen and oxygen atoms in total. The van der Waals surface area contributed by atoms with E-state index in [1.54, 1.807) is 18.2 Å². The summed E-state index contributed by atoms with van der Waals surface area (Å²) in [7, 11) is 0. The van der Waals surface area contributed by atoms with Gasteiger partial charge in [-0.05, 0) is 43.7 Å². The zero-order chi connectivity index (χ0) is 14.8. The van der Waals surface area contributed by atoms with Crippen LogP contribution in [0, 0.1) is 5.82 Å². The molecule has 0 aliphatic heterocycles. The van der Waals surface area contributed by atoms with Crippen molar-refractivity contribution in [1.29, 1.82) is 0 Å². The Kier molecular flexibility index (Phi) is 4.20. The van der Waals surface area contributed by atoms with E-state index >= 15 is 0 Å². The maximum atomic E-state index is 12.9. The SMILES string of the molecule is CC(C)(CN)NC(=O)c1ccc(-c2ccc(F)cc2)s1. The molecule has 0 aliphatic carbocycles. The van der Waals surface area contributed by atoms with E-state index in [9.17, 15) is 9.18 Å². The van der Waals surface area contributed by atoms with Gasteiger partial charge in [0.15, 0.2) is 0 Å². The highest BCUT2D eigenvalue weighted by Crippen LogP contribution is 2.28. The molecule has 0 bridgehead atoms. The molecule has 0 radical (unpaired) electrons. The van der Waals surface area contributed by atoms with E-state index in [-0.39, 0.29) is 11.7 Å². The summed E-state index contributed by atoms with van der Waals surface area (Å²) in [5.41, 5.74) is 6.06. The van der Waals surface area contributed by atoms with Crippen molar-refractivity contribution < 1.29 is 9.18 Å². The Labute approximate surface area is 121 Å². The van der Waals surface area contributed by atoms with Gasteiger partial charge in [0.2, 0.25) is 0 Å². The summed E-state index contributed by atoms with van der Waals surface area (Å²) in [5, 5.41) is 2.88. The number of thiophene rings is 1. The molecule has 2 rings (SSSR count). The highest BCUT2D eigenvalue weighted by atomic mass is 32.1. The Morgan fingerprint density at radius 2 is 1.90 bits per heavy atom. The summed E-state index contributed by atoms with van der Waals surface area (Å²) in [5.74, 6) is -0.410. The molecular formula is C15H17FN2OS. The van der Waals surface area contributed by atoms with Gasteiger partial charge in [0.05, 0.1) is 4.88 Å². The van der Waals surface area contributed by atoms with E-state index in [4.69, 9.17) is 5.73 Å². The number of halogens is 1. The first-order valence-electron chi connectivity index (χ1n) is 6.30. The maximum absolute atomic E-state index is 12.9. The van der Waals surface area contributed by atoms with E-state index in [1.165, 1.54) is 23.5 Å². The molecule has 0 spiro atoms. The summed E-state index contributed by atoms with van der Waals surface area (Å²) in [6, 6.07) is 9.85. The number of amides is 1. The maximum Gasteiger partial charge on any atom is 0.261 e. The van der Waals surface area contributed by atoms with Gasteiger partial charge in [-0.2, -0.15) is 0 Å². The number of rotatable bonds is 4. The smallest absolute Gasteiger partial charge is 0.261 e. The Morgan fingerprint density at radius 1 is 1.25 bits per heavy atom. The molecule has 0 saturated carbocycles. The molecule has 1 heterocycles. The summed E-state index contributed by atoms with van der Waals surface area (Å²) < 4.78 is 12.9. The number of nitrogens with one attached hydrogen (secondary N) is 1. The largest absolute Gasteiger partial charge is 0.345 e. The van der Waals surface area contributed by atoms with Crippen molar-refractivity contribution in [1.82, 2.24) is 5.32 Å². The lowest BCUT2D eigenvalue weighted by molar-refractivity contribution is 0.0920. The summed E-state index contributed by atoms with van der Waals surface area (Å²) >= 11 is 1.38. The van der Waals surface area contributed by atoms with Crippen LogP contribution in [-0.2, 0) is 0 Å². The molecule has 1 aromatic heterocycles. The number of carbonyl (C=O) groups is 1. The number of hydrogen-bond acceptors (Lipinski definition) is 3. The van der Waals surface area contributed by atoms with Crippen LogP contribution in [0.25, 0.3) is 10.4 Å². The third kappa shape index (κ3) is 3.43. The van der Waals surface area contributed by atoms with E-state index in [2.05, 4.69) is 5.32 Å². The van der Waals surface area contributed by atoms with Gasteiger partial charge in [-0.1, -0.05) is 12.1 Å². The zero-order valence-corrected chi connectivity index (χ0v) is 12.3. The van der Waals surface area contributed by atoms with Gasteiger partial charge in [-0.15, -0.1) is 11.3 Å². The molecule has 20 heavy (non-hydrogen) atoms. The van der Waals surface area contributed by atoms with Crippen LogP contribution in [0.5, 0.6) is 0 Å². The van der Waals surface area contributed by atoms with Gasteiger partial charge in [-0.25, -0.2) is 4.39 Å². The summed E-state index contributed by atoms with van der Waals surface area (Å²) in [6.45, 7) is 4.12. The molecule has 5 heteroatoms. The van der Waals surface area contributed by atoms with Gasteiger partial charge in [0.25, 0.3) is 5.91 Å². The predicted molar refractivity (Wildman–Crippen MR) is 80.3 cm³/mol. The Balaban J connectivity index is 2.17. The van der Waals surface area contributed by atoms with Crippen molar-refractivity contribution in [2.75, 3.05) is 6.54 Å². The number of carbonyl (C=O) groups excluding carboxylic acids is 1. The molecule has 3 N–H and O–H groups in total. The Bertz CT molecular complexity index is 605. The van der Waals surface area contributed by atoms with Crippen LogP contribution in [0.4, 0.5) is 4.39 Å². The molecule has 106 valence electrons. The normalized spacial score (nSPS) is 11.4. The third-order valence-corrected chi connectivity index (χ3v) is 4.05. The van der Waals surface area contributed by atoms with Crippen molar-refractivity contribution in [3.05, 3.63) is 47.1 Å². The van der Waals surface area contributed by atoms with Gasteiger partial charge in [-0.3, -0.25) is 4.79 Å². The van der Waals surface area contributed by atoms with Crippen LogP contribution in [0.2, 0.25) is 0 Å². The predicted octanol–water partition coefficient (Wildman–Crippen LogP) is 3.02. The van der Waals surface area contributed by atoms with Gasteiger partial charge in [0, 0.05) is 17.0 Å². The van der Waals surface area contributed by atoms with Crippen LogP contribution in [0.3, 0.4) is 0 Å². The summed E-state index contributed by atoms with van der Waals surface area (Å²) in [6.07, 6.45) is 0.